The lowest BCUT2D eigenvalue weighted by atomic mass is 9.78. The van der Waals surface area contributed by atoms with E-state index in [2.05, 4.69) is 38.5 Å². The summed E-state index contributed by atoms with van der Waals surface area (Å²) in [6.07, 6.45) is 4.33. The normalized spacial score (nSPS) is 20.1. The number of nitrogens with zero attached hydrogens (tertiary/aromatic N) is 5. The van der Waals surface area contributed by atoms with E-state index in [-0.39, 0.29) is 17.5 Å². The van der Waals surface area contributed by atoms with Gasteiger partial charge in [0.2, 0.25) is 11.7 Å². The molecule has 0 radical (unpaired) electrons. The summed E-state index contributed by atoms with van der Waals surface area (Å²) in [6, 6.07) is 9.85. The van der Waals surface area contributed by atoms with Crippen LogP contribution in [0, 0.1) is 19.3 Å². The van der Waals surface area contributed by atoms with Crippen LogP contribution in [0.1, 0.15) is 29.5 Å². The van der Waals surface area contributed by atoms with Crippen molar-refractivity contribution in [2.75, 3.05) is 32.0 Å². The van der Waals surface area contributed by atoms with E-state index in [0.717, 1.165) is 48.4 Å². The molecule has 1 unspecified atom stereocenters. The molecule has 1 N–H and O–H groups in total. The zero-order chi connectivity index (χ0) is 21.6. The number of anilines is 1. The lowest BCUT2D eigenvalue weighted by Gasteiger charge is -2.47. The number of benzene rings is 1. The predicted octanol–water partition coefficient (Wildman–Crippen LogP) is 3.66. The summed E-state index contributed by atoms with van der Waals surface area (Å²) in [6.45, 7) is 6.40. The first kappa shape index (κ1) is 19.7. The summed E-state index contributed by atoms with van der Waals surface area (Å²) in [5.41, 5.74) is 4.03. The molecule has 8 nitrogen and oxygen atoms in total. The highest BCUT2D eigenvalue weighted by molar-refractivity contribution is 5.91. The number of aryl methyl sites for hydroxylation is 2. The van der Waals surface area contributed by atoms with Crippen LogP contribution < -0.4 is 5.32 Å². The van der Waals surface area contributed by atoms with Gasteiger partial charge in [-0.3, -0.25) is 9.88 Å². The maximum Gasteiger partial charge on any atom is 0.321 e. The molecule has 1 spiro atoms. The first-order valence-electron chi connectivity index (χ1n) is 10.5. The number of urea groups is 1. The maximum absolute atomic E-state index is 12.7. The van der Waals surface area contributed by atoms with Crippen LogP contribution in [0.25, 0.3) is 11.4 Å². The number of pyridine rings is 1. The highest BCUT2D eigenvalue weighted by Gasteiger charge is 2.53. The Morgan fingerprint density at radius 1 is 1.16 bits per heavy atom. The van der Waals surface area contributed by atoms with Crippen molar-refractivity contribution in [2.45, 2.75) is 26.3 Å². The van der Waals surface area contributed by atoms with Crippen LogP contribution in [-0.2, 0) is 0 Å². The Balaban J connectivity index is 1.23. The van der Waals surface area contributed by atoms with Gasteiger partial charge in [-0.25, -0.2) is 4.79 Å². The fourth-order valence-corrected chi connectivity index (χ4v) is 4.74. The van der Waals surface area contributed by atoms with Gasteiger partial charge in [0.25, 0.3) is 0 Å². The SMILES string of the molecule is Cc1ccc(C)c(NC(=O)N2CC3(CC(c4nc(-c5ccncc5)no4)N(C)C3)C2)c1. The summed E-state index contributed by atoms with van der Waals surface area (Å²) >= 11 is 0. The molecule has 5 rings (SSSR count). The van der Waals surface area contributed by atoms with Crippen LogP contribution in [-0.4, -0.2) is 57.6 Å². The third-order valence-electron chi connectivity index (χ3n) is 6.38. The van der Waals surface area contributed by atoms with Gasteiger partial charge in [0.15, 0.2) is 0 Å². The lowest BCUT2D eigenvalue weighted by Crippen LogP contribution is -2.60. The minimum atomic E-state index is -0.0387. The fraction of sp³-hybridized carbons (Fsp3) is 0.391. The fourth-order valence-electron chi connectivity index (χ4n) is 4.74. The molecule has 3 aromatic rings. The number of nitrogens with one attached hydrogen (secondary N) is 1. The van der Waals surface area contributed by atoms with Crippen LogP contribution in [0.15, 0.2) is 47.2 Å². The minimum absolute atomic E-state index is 0.0387. The molecule has 0 saturated carbocycles. The van der Waals surface area contributed by atoms with Crippen molar-refractivity contribution in [1.82, 2.24) is 24.9 Å². The second kappa shape index (κ2) is 7.46. The van der Waals surface area contributed by atoms with Gasteiger partial charge in [0.05, 0.1) is 6.04 Å². The Kier molecular flexibility index (Phi) is 4.74. The third kappa shape index (κ3) is 3.67. The zero-order valence-corrected chi connectivity index (χ0v) is 18.0. The van der Waals surface area contributed by atoms with Crippen molar-refractivity contribution < 1.29 is 9.32 Å². The molecule has 160 valence electrons. The van der Waals surface area contributed by atoms with Gasteiger partial charge in [-0.05, 0) is 56.6 Å². The second-order valence-corrected chi connectivity index (χ2v) is 8.93. The number of rotatable bonds is 3. The van der Waals surface area contributed by atoms with Gasteiger partial charge < -0.3 is 14.7 Å². The van der Waals surface area contributed by atoms with Crippen LogP contribution in [0.5, 0.6) is 0 Å². The average molecular weight is 419 g/mol. The van der Waals surface area contributed by atoms with E-state index in [4.69, 9.17) is 4.52 Å². The van der Waals surface area contributed by atoms with E-state index in [1.807, 2.05) is 43.0 Å². The number of carbonyl (C=O) groups is 1. The van der Waals surface area contributed by atoms with Crippen LogP contribution in [0.2, 0.25) is 0 Å². The molecule has 8 heteroatoms. The van der Waals surface area contributed by atoms with Gasteiger partial charge in [-0.2, -0.15) is 4.98 Å². The van der Waals surface area contributed by atoms with Crippen molar-refractivity contribution in [2.24, 2.45) is 5.41 Å². The Bertz CT molecular complexity index is 1110. The summed E-state index contributed by atoms with van der Waals surface area (Å²) in [7, 11) is 2.08. The Hall–Kier alpha value is -3.26. The molecule has 31 heavy (non-hydrogen) atoms. The van der Waals surface area contributed by atoms with Gasteiger partial charge >= 0.3 is 6.03 Å². The minimum Gasteiger partial charge on any atom is -0.337 e. The molecule has 1 atom stereocenters. The summed E-state index contributed by atoms with van der Waals surface area (Å²) in [5.74, 6) is 1.21. The molecule has 2 aliphatic heterocycles. The molecule has 1 aromatic carbocycles. The molecule has 2 saturated heterocycles. The van der Waals surface area contributed by atoms with E-state index in [1.54, 1.807) is 12.4 Å². The predicted molar refractivity (Wildman–Crippen MR) is 116 cm³/mol. The average Bonchev–Trinajstić information content (AvgIpc) is 3.35. The van der Waals surface area contributed by atoms with Crippen molar-refractivity contribution in [3.63, 3.8) is 0 Å². The molecule has 4 heterocycles. The number of likely N-dealkylation sites (tertiary alicyclic amines) is 2. The molecule has 2 aliphatic rings. The Labute approximate surface area is 181 Å². The van der Waals surface area contributed by atoms with Gasteiger partial charge in [0, 0.05) is 48.7 Å². The maximum atomic E-state index is 12.7. The summed E-state index contributed by atoms with van der Waals surface area (Å²) in [5, 5.41) is 7.21. The highest BCUT2D eigenvalue weighted by atomic mass is 16.5. The zero-order valence-electron chi connectivity index (χ0n) is 18.0. The number of amides is 2. The van der Waals surface area contributed by atoms with Crippen molar-refractivity contribution in [3.8, 4) is 11.4 Å². The van der Waals surface area contributed by atoms with E-state index < -0.39 is 0 Å². The van der Waals surface area contributed by atoms with E-state index in [9.17, 15) is 4.79 Å². The molecule has 0 bridgehead atoms. The number of hydrogen-bond acceptors (Lipinski definition) is 6. The monoisotopic (exact) mass is 418 g/mol. The van der Waals surface area contributed by atoms with E-state index in [0.29, 0.717) is 11.7 Å². The molecular formula is C23H26N6O2. The van der Waals surface area contributed by atoms with Crippen LogP contribution in [0.4, 0.5) is 10.5 Å². The Morgan fingerprint density at radius 2 is 1.94 bits per heavy atom. The smallest absolute Gasteiger partial charge is 0.321 e. The largest absolute Gasteiger partial charge is 0.337 e. The standard InChI is InChI=1S/C23H26N6O2/c1-15-4-5-16(2)18(10-15)25-22(30)29-13-23(14-29)11-19(28(3)12-23)21-26-20(27-31-21)17-6-8-24-9-7-17/h4-10,19H,11-14H2,1-3H3,(H,25,30). The molecular weight excluding hydrogens is 392 g/mol. The highest BCUT2D eigenvalue weighted by Crippen LogP contribution is 2.47. The van der Waals surface area contributed by atoms with Gasteiger partial charge in [0.1, 0.15) is 0 Å². The second-order valence-electron chi connectivity index (χ2n) is 8.93. The third-order valence-corrected chi connectivity index (χ3v) is 6.38. The first-order chi connectivity index (χ1) is 14.9. The lowest BCUT2D eigenvalue weighted by molar-refractivity contribution is 0.0460. The number of carbonyl (C=O) groups excluding carboxylic acids is 1. The van der Waals surface area contributed by atoms with Crippen molar-refractivity contribution in [1.29, 1.82) is 0 Å². The van der Waals surface area contributed by atoms with Gasteiger partial charge in [-0.15, -0.1) is 0 Å². The number of hydrogen-bond donors (Lipinski definition) is 1. The number of aromatic nitrogens is 3. The Morgan fingerprint density at radius 3 is 2.71 bits per heavy atom. The molecule has 0 aliphatic carbocycles. The van der Waals surface area contributed by atoms with Crippen molar-refractivity contribution >= 4 is 11.7 Å². The molecule has 2 fully saturated rings. The molecule has 2 aromatic heterocycles. The van der Waals surface area contributed by atoms with Crippen molar-refractivity contribution in [3.05, 3.63) is 59.7 Å². The summed E-state index contributed by atoms with van der Waals surface area (Å²) in [4.78, 5) is 25.5. The van der Waals surface area contributed by atoms with Crippen LogP contribution in [0.3, 0.4) is 0 Å². The van der Waals surface area contributed by atoms with Gasteiger partial charge in [-0.1, -0.05) is 17.3 Å². The topological polar surface area (TPSA) is 87.4 Å². The first-order valence-corrected chi connectivity index (χ1v) is 10.5. The summed E-state index contributed by atoms with van der Waals surface area (Å²) < 4.78 is 5.60. The van der Waals surface area contributed by atoms with E-state index in [1.165, 1.54) is 0 Å². The van der Waals surface area contributed by atoms with Crippen LogP contribution >= 0.6 is 0 Å². The van der Waals surface area contributed by atoms with E-state index >= 15 is 0 Å². The molecule has 2 amide bonds. The quantitative estimate of drug-likeness (QED) is 0.698.